The van der Waals surface area contributed by atoms with E-state index in [0.29, 0.717) is 11.1 Å². The number of fused-ring (bicyclic) bond motifs is 1. The van der Waals surface area contributed by atoms with Crippen LogP contribution in [0.15, 0.2) is 36.4 Å². The standard InChI is InChI=1S/C14H15NO2/c1-9(2)14(17)15-11-7-3-5-10-6-4-8-12(16)13(10)11/h3-9,16H,1-2H3,(H,15,17). The Morgan fingerprint density at radius 1 is 1.18 bits per heavy atom. The smallest absolute Gasteiger partial charge is 0.226 e. The summed E-state index contributed by atoms with van der Waals surface area (Å²) in [6.07, 6.45) is 0. The first kappa shape index (κ1) is 11.5. The van der Waals surface area contributed by atoms with Gasteiger partial charge in [0.2, 0.25) is 5.91 Å². The number of carbonyl (C=O) groups is 1. The van der Waals surface area contributed by atoms with Crippen molar-refractivity contribution in [1.82, 2.24) is 0 Å². The summed E-state index contributed by atoms with van der Waals surface area (Å²) in [5.41, 5.74) is 0.652. The Kier molecular flexibility index (Phi) is 3.00. The zero-order chi connectivity index (χ0) is 12.4. The zero-order valence-electron chi connectivity index (χ0n) is 9.90. The lowest BCUT2D eigenvalue weighted by atomic mass is 10.1. The second-order valence-electron chi connectivity index (χ2n) is 4.32. The number of phenols is 1. The number of benzene rings is 2. The van der Waals surface area contributed by atoms with Crippen LogP contribution < -0.4 is 5.32 Å². The third-order valence-corrected chi connectivity index (χ3v) is 2.66. The molecule has 0 atom stereocenters. The van der Waals surface area contributed by atoms with Crippen LogP contribution in [0.4, 0.5) is 5.69 Å². The van der Waals surface area contributed by atoms with Crippen LogP contribution in [0.5, 0.6) is 5.75 Å². The Hall–Kier alpha value is -2.03. The van der Waals surface area contributed by atoms with E-state index < -0.39 is 0 Å². The molecule has 88 valence electrons. The van der Waals surface area contributed by atoms with Crippen molar-refractivity contribution in [2.75, 3.05) is 5.32 Å². The van der Waals surface area contributed by atoms with Crippen molar-refractivity contribution in [1.29, 1.82) is 0 Å². The summed E-state index contributed by atoms with van der Waals surface area (Å²) >= 11 is 0. The number of carbonyl (C=O) groups excluding carboxylic acids is 1. The van der Waals surface area contributed by atoms with Gasteiger partial charge in [0.25, 0.3) is 0 Å². The van der Waals surface area contributed by atoms with Gasteiger partial charge in [-0.1, -0.05) is 38.1 Å². The van der Waals surface area contributed by atoms with Gasteiger partial charge in [-0.15, -0.1) is 0 Å². The van der Waals surface area contributed by atoms with E-state index in [1.165, 1.54) is 0 Å². The van der Waals surface area contributed by atoms with Crippen molar-refractivity contribution in [3.05, 3.63) is 36.4 Å². The van der Waals surface area contributed by atoms with E-state index in [4.69, 9.17) is 0 Å². The normalized spacial score (nSPS) is 10.8. The second-order valence-corrected chi connectivity index (χ2v) is 4.32. The maximum absolute atomic E-state index is 11.7. The number of amides is 1. The van der Waals surface area contributed by atoms with Crippen molar-refractivity contribution in [3.63, 3.8) is 0 Å². The number of nitrogens with one attached hydrogen (secondary N) is 1. The highest BCUT2D eigenvalue weighted by atomic mass is 16.3. The second kappa shape index (κ2) is 4.45. The van der Waals surface area contributed by atoms with E-state index in [0.717, 1.165) is 5.39 Å². The lowest BCUT2D eigenvalue weighted by Gasteiger charge is -2.11. The molecule has 2 aromatic carbocycles. The molecule has 0 aromatic heterocycles. The SMILES string of the molecule is CC(C)C(=O)Nc1cccc2cccc(O)c12. The molecule has 0 heterocycles. The van der Waals surface area contributed by atoms with E-state index >= 15 is 0 Å². The predicted molar refractivity (Wildman–Crippen MR) is 69.1 cm³/mol. The maximum Gasteiger partial charge on any atom is 0.226 e. The number of hydrogen-bond donors (Lipinski definition) is 2. The van der Waals surface area contributed by atoms with Crippen molar-refractivity contribution in [3.8, 4) is 5.75 Å². The number of anilines is 1. The molecule has 2 aromatic rings. The van der Waals surface area contributed by atoms with Crippen LogP contribution in [0.2, 0.25) is 0 Å². The summed E-state index contributed by atoms with van der Waals surface area (Å²) < 4.78 is 0. The molecule has 0 aliphatic heterocycles. The van der Waals surface area contributed by atoms with E-state index in [1.807, 2.05) is 32.0 Å². The third-order valence-electron chi connectivity index (χ3n) is 2.66. The van der Waals surface area contributed by atoms with E-state index in [1.54, 1.807) is 18.2 Å². The third kappa shape index (κ3) is 2.23. The molecule has 0 bridgehead atoms. The zero-order valence-corrected chi connectivity index (χ0v) is 9.90. The van der Waals surface area contributed by atoms with Crippen LogP contribution in [0.25, 0.3) is 10.8 Å². The van der Waals surface area contributed by atoms with E-state index in [9.17, 15) is 9.90 Å². The Bertz CT molecular complexity index is 556. The maximum atomic E-state index is 11.7. The van der Waals surface area contributed by atoms with Crippen molar-refractivity contribution >= 4 is 22.4 Å². The van der Waals surface area contributed by atoms with E-state index in [-0.39, 0.29) is 17.6 Å². The Labute approximate surface area is 100 Å². The Balaban J connectivity index is 2.51. The van der Waals surface area contributed by atoms with Crippen molar-refractivity contribution in [2.24, 2.45) is 5.92 Å². The van der Waals surface area contributed by atoms with Crippen LogP contribution in [-0.2, 0) is 4.79 Å². The molecule has 17 heavy (non-hydrogen) atoms. The molecule has 0 saturated carbocycles. The average Bonchev–Trinajstić information content (AvgIpc) is 2.29. The fraction of sp³-hybridized carbons (Fsp3) is 0.214. The Morgan fingerprint density at radius 2 is 1.82 bits per heavy atom. The van der Waals surface area contributed by atoms with Gasteiger partial charge in [0.15, 0.2) is 0 Å². The summed E-state index contributed by atoms with van der Waals surface area (Å²) in [5, 5.41) is 14.3. The van der Waals surface area contributed by atoms with Gasteiger partial charge >= 0.3 is 0 Å². The highest BCUT2D eigenvalue weighted by molar-refractivity contribution is 6.05. The first-order valence-corrected chi connectivity index (χ1v) is 5.61. The molecule has 2 N–H and O–H groups in total. The molecule has 3 heteroatoms. The highest BCUT2D eigenvalue weighted by Gasteiger charge is 2.10. The first-order chi connectivity index (χ1) is 8.09. The molecule has 0 aliphatic rings. The largest absolute Gasteiger partial charge is 0.507 e. The highest BCUT2D eigenvalue weighted by Crippen LogP contribution is 2.31. The van der Waals surface area contributed by atoms with Gasteiger partial charge in [-0.3, -0.25) is 4.79 Å². The van der Waals surface area contributed by atoms with Crippen LogP contribution in [0.1, 0.15) is 13.8 Å². The van der Waals surface area contributed by atoms with Crippen LogP contribution in [-0.4, -0.2) is 11.0 Å². The van der Waals surface area contributed by atoms with E-state index in [2.05, 4.69) is 5.32 Å². The summed E-state index contributed by atoms with van der Waals surface area (Å²) in [7, 11) is 0. The summed E-state index contributed by atoms with van der Waals surface area (Å²) in [4.78, 5) is 11.7. The molecule has 0 aliphatic carbocycles. The van der Waals surface area contributed by atoms with Gasteiger partial charge < -0.3 is 10.4 Å². The van der Waals surface area contributed by atoms with Crippen LogP contribution in [0.3, 0.4) is 0 Å². The van der Waals surface area contributed by atoms with Gasteiger partial charge in [0.05, 0.1) is 5.69 Å². The minimum Gasteiger partial charge on any atom is -0.507 e. The molecule has 0 spiro atoms. The van der Waals surface area contributed by atoms with Crippen molar-refractivity contribution < 1.29 is 9.90 Å². The molecule has 2 rings (SSSR count). The first-order valence-electron chi connectivity index (χ1n) is 5.61. The summed E-state index contributed by atoms with van der Waals surface area (Å²) in [5.74, 6) is 0.0408. The van der Waals surface area contributed by atoms with Gasteiger partial charge in [-0.05, 0) is 17.5 Å². The molecule has 0 radical (unpaired) electrons. The molecular formula is C14H15NO2. The van der Waals surface area contributed by atoms with Gasteiger partial charge in [0.1, 0.15) is 5.75 Å². The van der Waals surface area contributed by atoms with Gasteiger partial charge in [-0.25, -0.2) is 0 Å². The molecule has 0 saturated heterocycles. The Morgan fingerprint density at radius 3 is 2.47 bits per heavy atom. The fourth-order valence-corrected chi connectivity index (χ4v) is 1.70. The minimum atomic E-state index is -0.0869. The summed E-state index contributed by atoms with van der Waals surface area (Å²) in [6.45, 7) is 3.67. The molecule has 1 amide bonds. The van der Waals surface area contributed by atoms with Crippen molar-refractivity contribution in [2.45, 2.75) is 13.8 Å². The van der Waals surface area contributed by atoms with Crippen LogP contribution >= 0.6 is 0 Å². The predicted octanol–water partition coefficient (Wildman–Crippen LogP) is 3.14. The topological polar surface area (TPSA) is 49.3 Å². The lowest BCUT2D eigenvalue weighted by molar-refractivity contribution is -0.118. The number of aromatic hydroxyl groups is 1. The molecule has 0 fully saturated rings. The number of rotatable bonds is 2. The van der Waals surface area contributed by atoms with Gasteiger partial charge in [-0.2, -0.15) is 0 Å². The average molecular weight is 229 g/mol. The quantitative estimate of drug-likeness (QED) is 0.831. The van der Waals surface area contributed by atoms with Gasteiger partial charge in [0, 0.05) is 11.3 Å². The lowest BCUT2D eigenvalue weighted by Crippen LogP contribution is -2.17. The molecule has 3 nitrogen and oxygen atoms in total. The summed E-state index contributed by atoms with van der Waals surface area (Å²) in [6, 6.07) is 10.9. The minimum absolute atomic E-state index is 0.0549. The number of phenolic OH excluding ortho intramolecular Hbond substituents is 1. The fourth-order valence-electron chi connectivity index (χ4n) is 1.70. The molecular weight excluding hydrogens is 214 g/mol. The monoisotopic (exact) mass is 229 g/mol. The number of hydrogen-bond acceptors (Lipinski definition) is 2. The van der Waals surface area contributed by atoms with Crippen LogP contribution in [0, 0.1) is 5.92 Å². The molecule has 0 unspecified atom stereocenters.